The molecule has 1 N–H and O–H groups in total. The highest BCUT2D eigenvalue weighted by atomic mass is 16.5. The van der Waals surface area contributed by atoms with Crippen molar-refractivity contribution in [3.63, 3.8) is 0 Å². The summed E-state index contributed by atoms with van der Waals surface area (Å²) in [6.07, 6.45) is 6.90. The predicted octanol–water partition coefficient (Wildman–Crippen LogP) is 5.96. The normalized spacial score (nSPS) is 10.8. The van der Waals surface area contributed by atoms with Gasteiger partial charge in [-0.1, -0.05) is 38.8 Å². The van der Waals surface area contributed by atoms with E-state index in [1.165, 1.54) is 11.8 Å². The van der Waals surface area contributed by atoms with Crippen LogP contribution in [0, 0.1) is 0 Å². The van der Waals surface area contributed by atoms with Gasteiger partial charge in [-0.2, -0.15) is 5.10 Å². The first-order valence-corrected chi connectivity index (χ1v) is 12.7. The number of ether oxygens (including phenoxy) is 3. The maximum Gasteiger partial charge on any atom is 0.343 e. The van der Waals surface area contributed by atoms with Gasteiger partial charge in [-0.25, -0.2) is 10.2 Å². The fourth-order valence-electron chi connectivity index (χ4n) is 3.30. The van der Waals surface area contributed by atoms with Crippen LogP contribution in [0.4, 0.5) is 0 Å². The van der Waals surface area contributed by atoms with Crippen LogP contribution in [0.5, 0.6) is 17.2 Å². The van der Waals surface area contributed by atoms with Crippen molar-refractivity contribution in [1.29, 1.82) is 0 Å². The lowest BCUT2D eigenvalue weighted by atomic mass is 10.1. The Morgan fingerprint density at radius 2 is 1.41 bits per heavy atom. The van der Waals surface area contributed by atoms with E-state index in [0.29, 0.717) is 23.7 Å². The van der Waals surface area contributed by atoms with Crippen LogP contribution in [0.1, 0.15) is 61.0 Å². The lowest BCUT2D eigenvalue weighted by Crippen LogP contribution is -2.24. The van der Waals surface area contributed by atoms with Crippen molar-refractivity contribution < 1.29 is 23.8 Å². The molecule has 0 bridgehead atoms. The third kappa shape index (κ3) is 9.80. The molecule has 3 aromatic rings. The van der Waals surface area contributed by atoms with Crippen molar-refractivity contribution in [3.05, 3.63) is 89.5 Å². The zero-order valence-corrected chi connectivity index (χ0v) is 21.4. The van der Waals surface area contributed by atoms with Crippen molar-refractivity contribution >= 4 is 18.1 Å². The van der Waals surface area contributed by atoms with Crippen LogP contribution >= 0.6 is 0 Å². The average molecular weight is 503 g/mol. The van der Waals surface area contributed by atoms with Gasteiger partial charge < -0.3 is 14.2 Å². The second-order valence-electron chi connectivity index (χ2n) is 8.51. The molecule has 0 radical (unpaired) electrons. The average Bonchev–Trinajstić information content (AvgIpc) is 2.93. The summed E-state index contributed by atoms with van der Waals surface area (Å²) in [4.78, 5) is 24.4. The lowest BCUT2D eigenvalue weighted by molar-refractivity contribution is -0.123. The van der Waals surface area contributed by atoms with E-state index in [4.69, 9.17) is 14.2 Å². The summed E-state index contributed by atoms with van der Waals surface area (Å²) in [7, 11) is 0. The van der Waals surface area contributed by atoms with Crippen molar-refractivity contribution in [2.45, 2.75) is 46.0 Å². The van der Waals surface area contributed by atoms with Gasteiger partial charge in [-0.15, -0.1) is 0 Å². The third-order valence-electron chi connectivity index (χ3n) is 5.46. The summed E-state index contributed by atoms with van der Waals surface area (Å²) in [5.74, 6) is 0.955. The van der Waals surface area contributed by atoms with E-state index < -0.39 is 5.97 Å². The summed E-state index contributed by atoms with van der Waals surface area (Å²) in [5.41, 5.74) is 4.86. The molecule has 0 saturated carbocycles. The smallest absolute Gasteiger partial charge is 0.343 e. The molecule has 0 aliphatic heterocycles. The third-order valence-corrected chi connectivity index (χ3v) is 5.46. The Hall–Kier alpha value is -4.13. The number of carbonyl (C=O) groups is 2. The van der Waals surface area contributed by atoms with E-state index in [1.807, 2.05) is 24.3 Å². The number of unbranched alkanes of at least 4 members (excludes halogenated alkanes) is 2. The molecule has 0 fully saturated rings. The van der Waals surface area contributed by atoms with Crippen LogP contribution in [-0.4, -0.2) is 31.3 Å². The molecule has 0 aromatic heterocycles. The van der Waals surface area contributed by atoms with E-state index in [0.717, 1.165) is 43.4 Å². The van der Waals surface area contributed by atoms with E-state index >= 15 is 0 Å². The van der Waals surface area contributed by atoms with Crippen molar-refractivity contribution in [2.24, 2.45) is 5.10 Å². The van der Waals surface area contributed by atoms with Crippen molar-refractivity contribution in [2.75, 3.05) is 13.2 Å². The largest absolute Gasteiger partial charge is 0.494 e. The Labute approximate surface area is 218 Å². The van der Waals surface area contributed by atoms with Crippen LogP contribution in [0.25, 0.3) is 0 Å². The first-order chi connectivity index (χ1) is 18.1. The number of nitrogens with one attached hydrogen (secondary N) is 1. The maximum absolute atomic E-state index is 12.4. The number of nitrogens with zero attached hydrogens (tertiary/aromatic N) is 1. The van der Waals surface area contributed by atoms with Gasteiger partial charge in [0.15, 0.2) is 6.61 Å². The molecule has 3 aromatic carbocycles. The zero-order chi connectivity index (χ0) is 26.3. The highest BCUT2D eigenvalue weighted by Crippen LogP contribution is 2.17. The van der Waals surface area contributed by atoms with E-state index in [9.17, 15) is 9.59 Å². The van der Waals surface area contributed by atoms with E-state index in [1.54, 1.807) is 48.5 Å². The quantitative estimate of drug-likeness (QED) is 0.0967. The summed E-state index contributed by atoms with van der Waals surface area (Å²) < 4.78 is 16.5. The number of aryl methyl sites for hydroxylation is 1. The molecule has 1 amide bonds. The minimum absolute atomic E-state index is 0.133. The minimum atomic E-state index is -0.454. The Kier molecular flexibility index (Phi) is 11.2. The van der Waals surface area contributed by atoms with Crippen LogP contribution < -0.4 is 19.6 Å². The molecule has 0 atom stereocenters. The molecule has 0 saturated heterocycles. The predicted molar refractivity (Wildman–Crippen MR) is 145 cm³/mol. The summed E-state index contributed by atoms with van der Waals surface area (Å²) >= 11 is 0. The topological polar surface area (TPSA) is 86.2 Å². The van der Waals surface area contributed by atoms with Gasteiger partial charge in [0.1, 0.15) is 17.2 Å². The molecular weight excluding hydrogens is 468 g/mol. The zero-order valence-electron chi connectivity index (χ0n) is 21.4. The lowest BCUT2D eigenvalue weighted by Gasteiger charge is -2.07. The molecule has 37 heavy (non-hydrogen) atoms. The van der Waals surface area contributed by atoms with Gasteiger partial charge in [0.25, 0.3) is 5.91 Å². The first-order valence-electron chi connectivity index (χ1n) is 12.7. The molecule has 0 aliphatic carbocycles. The molecular formula is C30H34N2O5. The van der Waals surface area contributed by atoms with Crippen LogP contribution in [-0.2, 0) is 11.2 Å². The molecule has 3 rings (SSSR count). The Bertz CT molecular complexity index is 1140. The Balaban J connectivity index is 1.40. The van der Waals surface area contributed by atoms with Gasteiger partial charge in [-0.05, 0) is 91.1 Å². The standard InChI is InChI=1S/C30H34N2O5/c1-3-5-7-23-8-14-27(15-9-23)36-22-29(33)32-31-21-24-10-16-28(17-11-24)37-30(34)25-12-18-26(19-13-25)35-20-6-4-2/h8-19,21H,3-7,20,22H2,1-2H3,(H,32,33). The first kappa shape index (κ1) is 27.5. The Morgan fingerprint density at radius 1 is 0.784 bits per heavy atom. The molecule has 7 heteroatoms. The molecule has 7 nitrogen and oxygen atoms in total. The minimum Gasteiger partial charge on any atom is -0.494 e. The number of hydrazone groups is 1. The number of esters is 1. The second-order valence-corrected chi connectivity index (χ2v) is 8.51. The fraction of sp³-hybridized carbons (Fsp3) is 0.300. The highest BCUT2D eigenvalue weighted by molar-refractivity contribution is 5.91. The summed E-state index contributed by atoms with van der Waals surface area (Å²) in [6, 6.07) is 21.4. The Morgan fingerprint density at radius 3 is 2.08 bits per heavy atom. The second kappa shape index (κ2) is 15.1. The van der Waals surface area contributed by atoms with Gasteiger partial charge in [-0.3, -0.25) is 4.79 Å². The maximum atomic E-state index is 12.4. The van der Waals surface area contributed by atoms with E-state index in [2.05, 4.69) is 24.4 Å². The number of carbonyl (C=O) groups excluding carboxylic acids is 2. The van der Waals surface area contributed by atoms with Gasteiger partial charge >= 0.3 is 5.97 Å². The monoisotopic (exact) mass is 502 g/mol. The molecule has 0 aliphatic rings. The number of benzene rings is 3. The van der Waals surface area contributed by atoms with E-state index in [-0.39, 0.29) is 12.5 Å². The molecule has 0 spiro atoms. The molecule has 194 valence electrons. The van der Waals surface area contributed by atoms with Crippen LogP contribution in [0.2, 0.25) is 0 Å². The van der Waals surface area contributed by atoms with Crippen molar-refractivity contribution in [1.82, 2.24) is 5.43 Å². The summed E-state index contributed by atoms with van der Waals surface area (Å²) in [5, 5.41) is 3.95. The SMILES string of the molecule is CCCCOc1ccc(C(=O)Oc2ccc(C=NNC(=O)COc3ccc(CCCC)cc3)cc2)cc1. The van der Waals surface area contributed by atoms with Gasteiger partial charge in [0, 0.05) is 0 Å². The van der Waals surface area contributed by atoms with Gasteiger partial charge in [0.2, 0.25) is 0 Å². The van der Waals surface area contributed by atoms with Crippen molar-refractivity contribution in [3.8, 4) is 17.2 Å². The fourth-order valence-corrected chi connectivity index (χ4v) is 3.30. The number of amides is 1. The number of rotatable bonds is 14. The number of hydrogen-bond donors (Lipinski definition) is 1. The van der Waals surface area contributed by atoms with Crippen LogP contribution in [0.3, 0.4) is 0 Å². The highest BCUT2D eigenvalue weighted by Gasteiger charge is 2.09. The van der Waals surface area contributed by atoms with Gasteiger partial charge in [0.05, 0.1) is 18.4 Å². The number of hydrogen-bond acceptors (Lipinski definition) is 6. The van der Waals surface area contributed by atoms with Crippen LogP contribution in [0.15, 0.2) is 77.9 Å². The summed E-state index contributed by atoms with van der Waals surface area (Å²) in [6.45, 7) is 4.79. The molecule has 0 unspecified atom stereocenters. The molecule has 0 heterocycles.